The largest absolute Gasteiger partial charge is 0.393 e. The zero-order chi connectivity index (χ0) is 13.5. The van der Waals surface area contributed by atoms with Crippen molar-refractivity contribution in [1.82, 2.24) is 9.97 Å². The molecule has 18 heavy (non-hydrogen) atoms. The second-order valence-corrected chi connectivity index (χ2v) is 4.47. The van der Waals surface area contributed by atoms with E-state index in [9.17, 15) is 4.79 Å². The van der Waals surface area contributed by atoms with Gasteiger partial charge in [-0.05, 0) is 0 Å². The van der Waals surface area contributed by atoms with Crippen molar-refractivity contribution < 1.29 is 4.74 Å². The lowest BCUT2D eigenvalue weighted by atomic mass is 10.3. The van der Waals surface area contributed by atoms with Gasteiger partial charge < -0.3 is 20.4 Å². The van der Waals surface area contributed by atoms with Crippen LogP contribution in [-0.4, -0.2) is 41.8 Å². The highest BCUT2D eigenvalue weighted by molar-refractivity contribution is 7.80. The number of aromatic amines is 1. The van der Waals surface area contributed by atoms with Crippen molar-refractivity contribution in [3.8, 4) is 0 Å². The molecular weight excluding hydrogens is 276 g/mol. The number of hydrogen-bond acceptors (Lipinski definition) is 5. The number of nitrogens with two attached hydrogens (primary N) is 1. The Morgan fingerprint density at radius 3 is 3.00 bits per heavy atom. The number of H-pyrrole nitrogens is 1. The third-order valence-corrected chi connectivity index (χ3v) is 2.82. The zero-order valence-electron chi connectivity index (χ0n) is 9.98. The Bertz CT molecular complexity index is 465. The van der Waals surface area contributed by atoms with Gasteiger partial charge in [0.2, 0.25) is 0 Å². The second-order valence-electron chi connectivity index (χ2n) is 3.57. The third-order valence-electron chi connectivity index (χ3n) is 2.27. The Morgan fingerprint density at radius 2 is 2.39 bits per heavy atom. The molecule has 0 atom stereocenters. The Kier molecular flexibility index (Phi) is 6.03. The van der Waals surface area contributed by atoms with Gasteiger partial charge in [-0.25, -0.2) is 4.98 Å². The summed E-state index contributed by atoms with van der Waals surface area (Å²) in [5, 5.41) is 0.0524. The molecule has 0 aromatic carbocycles. The van der Waals surface area contributed by atoms with Crippen LogP contribution in [0.25, 0.3) is 0 Å². The number of anilines is 1. The molecular formula is C10H15ClN4O2S. The molecule has 0 unspecified atom stereocenters. The molecule has 0 saturated heterocycles. The summed E-state index contributed by atoms with van der Waals surface area (Å²) < 4.78 is 5.01. The van der Waals surface area contributed by atoms with Gasteiger partial charge in [-0.15, -0.1) is 0 Å². The van der Waals surface area contributed by atoms with Crippen LogP contribution in [0.3, 0.4) is 0 Å². The highest BCUT2D eigenvalue weighted by atomic mass is 35.5. The Morgan fingerprint density at radius 1 is 1.67 bits per heavy atom. The van der Waals surface area contributed by atoms with Gasteiger partial charge in [-0.1, -0.05) is 23.8 Å². The van der Waals surface area contributed by atoms with Crippen molar-refractivity contribution in [1.29, 1.82) is 0 Å². The number of nitrogens with one attached hydrogen (secondary N) is 1. The van der Waals surface area contributed by atoms with E-state index in [1.165, 1.54) is 6.33 Å². The first-order chi connectivity index (χ1) is 8.56. The molecule has 0 aliphatic rings. The lowest BCUT2D eigenvalue weighted by Crippen LogP contribution is -2.32. The van der Waals surface area contributed by atoms with Crippen LogP contribution < -0.4 is 16.2 Å². The van der Waals surface area contributed by atoms with Gasteiger partial charge >= 0.3 is 0 Å². The van der Waals surface area contributed by atoms with Crippen molar-refractivity contribution in [2.75, 3.05) is 31.7 Å². The molecule has 100 valence electrons. The fourth-order valence-electron chi connectivity index (χ4n) is 1.36. The van der Waals surface area contributed by atoms with Crippen molar-refractivity contribution in [2.24, 2.45) is 5.73 Å². The number of rotatable bonds is 7. The fourth-order valence-corrected chi connectivity index (χ4v) is 1.68. The van der Waals surface area contributed by atoms with Crippen LogP contribution in [0.4, 0.5) is 5.82 Å². The lowest BCUT2D eigenvalue weighted by Gasteiger charge is -2.23. The number of hydrogen-bond donors (Lipinski definition) is 2. The summed E-state index contributed by atoms with van der Waals surface area (Å²) in [6, 6.07) is 0. The number of aromatic nitrogens is 2. The monoisotopic (exact) mass is 290 g/mol. The van der Waals surface area contributed by atoms with Crippen molar-refractivity contribution in [2.45, 2.75) is 6.42 Å². The van der Waals surface area contributed by atoms with E-state index in [2.05, 4.69) is 9.97 Å². The first-order valence-corrected chi connectivity index (χ1v) is 6.10. The zero-order valence-corrected chi connectivity index (χ0v) is 11.6. The predicted molar refractivity (Wildman–Crippen MR) is 75.4 cm³/mol. The van der Waals surface area contributed by atoms with E-state index < -0.39 is 0 Å². The van der Waals surface area contributed by atoms with Gasteiger partial charge in [0.1, 0.15) is 5.02 Å². The Balaban J connectivity index is 2.89. The summed E-state index contributed by atoms with van der Waals surface area (Å²) >= 11 is 10.8. The van der Waals surface area contributed by atoms with E-state index >= 15 is 0 Å². The van der Waals surface area contributed by atoms with Crippen LogP contribution in [0.2, 0.25) is 5.02 Å². The van der Waals surface area contributed by atoms with Crippen LogP contribution in [0.1, 0.15) is 6.42 Å². The molecule has 0 fully saturated rings. The quantitative estimate of drug-likeness (QED) is 0.714. The topological polar surface area (TPSA) is 84.2 Å². The van der Waals surface area contributed by atoms with Crippen molar-refractivity contribution >= 4 is 34.6 Å². The second kappa shape index (κ2) is 7.30. The first kappa shape index (κ1) is 14.9. The number of ether oxygens (including phenoxy) is 1. The number of thiocarbonyl (C=S) groups is 1. The van der Waals surface area contributed by atoms with Gasteiger partial charge in [0.15, 0.2) is 5.82 Å². The predicted octanol–water partition coefficient (Wildman–Crippen LogP) is 0.552. The average Bonchev–Trinajstić information content (AvgIpc) is 2.33. The van der Waals surface area contributed by atoms with E-state index in [1.807, 2.05) is 4.90 Å². The maximum atomic E-state index is 11.4. The molecule has 0 aliphatic carbocycles. The molecule has 0 bridgehead atoms. The highest BCUT2D eigenvalue weighted by Crippen LogP contribution is 2.18. The fraction of sp³-hybridized carbons (Fsp3) is 0.500. The molecule has 0 spiro atoms. The Hall–Kier alpha value is -1.18. The van der Waals surface area contributed by atoms with E-state index in [0.29, 0.717) is 36.9 Å². The minimum Gasteiger partial charge on any atom is -0.393 e. The van der Waals surface area contributed by atoms with Crippen LogP contribution >= 0.6 is 23.8 Å². The number of halogens is 1. The summed E-state index contributed by atoms with van der Waals surface area (Å²) in [7, 11) is 1.60. The highest BCUT2D eigenvalue weighted by Gasteiger charge is 2.14. The van der Waals surface area contributed by atoms with Gasteiger partial charge in [-0.2, -0.15) is 0 Å². The average molecular weight is 291 g/mol. The molecule has 1 heterocycles. The SMILES string of the molecule is COCCN(CCC(N)=S)c1nc[nH]c(=O)c1Cl. The van der Waals surface area contributed by atoms with E-state index in [4.69, 9.17) is 34.3 Å². The molecule has 0 aliphatic heterocycles. The number of methoxy groups -OCH3 is 1. The molecule has 0 radical (unpaired) electrons. The number of nitrogens with zero attached hydrogens (tertiary/aromatic N) is 2. The standard InChI is InChI=1S/C10H15ClN4O2S/c1-17-5-4-15(3-2-7(12)18)9-8(11)10(16)14-6-13-9/h6H,2-5H2,1H3,(H2,12,18)(H,13,14,16). The van der Waals surface area contributed by atoms with Gasteiger partial charge in [0.25, 0.3) is 5.56 Å². The summed E-state index contributed by atoms with van der Waals surface area (Å²) in [5.41, 5.74) is 5.09. The maximum Gasteiger partial charge on any atom is 0.271 e. The molecule has 0 amide bonds. The first-order valence-electron chi connectivity index (χ1n) is 5.31. The summed E-state index contributed by atoms with van der Waals surface area (Å²) in [6.07, 6.45) is 1.83. The van der Waals surface area contributed by atoms with Crippen LogP contribution in [0, 0.1) is 0 Å². The summed E-state index contributed by atoms with van der Waals surface area (Å²) in [5.74, 6) is 0.411. The molecule has 1 rings (SSSR count). The van der Waals surface area contributed by atoms with Crippen LogP contribution in [0.5, 0.6) is 0 Å². The minimum atomic E-state index is -0.376. The smallest absolute Gasteiger partial charge is 0.271 e. The molecule has 8 heteroatoms. The molecule has 6 nitrogen and oxygen atoms in total. The Labute approximate surface area is 115 Å². The summed E-state index contributed by atoms with van der Waals surface area (Å²) in [6.45, 7) is 1.58. The molecule has 3 N–H and O–H groups in total. The van der Waals surface area contributed by atoms with Crippen LogP contribution in [0.15, 0.2) is 11.1 Å². The van der Waals surface area contributed by atoms with Gasteiger partial charge in [0.05, 0.1) is 17.9 Å². The molecule has 1 aromatic heterocycles. The van der Waals surface area contributed by atoms with Crippen molar-refractivity contribution in [3.63, 3.8) is 0 Å². The summed E-state index contributed by atoms with van der Waals surface area (Å²) in [4.78, 5) is 20.1. The van der Waals surface area contributed by atoms with Gasteiger partial charge in [0, 0.05) is 26.6 Å². The van der Waals surface area contributed by atoms with E-state index in [1.54, 1.807) is 7.11 Å². The minimum absolute atomic E-state index is 0.0524. The van der Waals surface area contributed by atoms with Crippen LogP contribution in [-0.2, 0) is 4.74 Å². The molecule has 1 aromatic rings. The van der Waals surface area contributed by atoms with E-state index in [-0.39, 0.29) is 10.6 Å². The third kappa shape index (κ3) is 4.25. The lowest BCUT2D eigenvalue weighted by molar-refractivity contribution is 0.205. The van der Waals surface area contributed by atoms with Gasteiger partial charge in [-0.3, -0.25) is 4.79 Å². The molecule has 0 saturated carbocycles. The van der Waals surface area contributed by atoms with Crippen molar-refractivity contribution in [3.05, 3.63) is 21.7 Å². The normalized spacial score (nSPS) is 10.3. The maximum absolute atomic E-state index is 11.4. The van der Waals surface area contributed by atoms with E-state index in [0.717, 1.165) is 0 Å².